The molecule has 1 aliphatic carbocycles. The van der Waals surface area contributed by atoms with E-state index in [0.717, 1.165) is 0 Å². The molecule has 0 radical (unpaired) electrons. The second-order valence-electron chi connectivity index (χ2n) is 6.04. The van der Waals surface area contributed by atoms with E-state index < -0.39 is 0 Å². The van der Waals surface area contributed by atoms with Gasteiger partial charge in [-0.1, -0.05) is 75.8 Å². The van der Waals surface area contributed by atoms with Crippen molar-refractivity contribution in [2.45, 2.75) is 34.1 Å². The van der Waals surface area contributed by atoms with E-state index in [4.69, 9.17) is 0 Å². The quantitative estimate of drug-likeness (QED) is 0.626. The summed E-state index contributed by atoms with van der Waals surface area (Å²) in [5, 5.41) is 0. The highest BCUT2D eigenvalue weighted by molar-refractivity contribution is 5.70. The molecule has 0 nitrogen and oxygen atoms in total. The molecular weight excluding hydrogens is 204 g/mol. The van der Waals surface area contributed by atoms with Gasteiger partial charge in [0.1, 0.15) is 0 Å². The molecule has 1 aliphatic rings. The maximum Gasteiger partial charge on any atom is -0.0147 e. The fraction of sp³-hybridized carbons (Fsp3) is 0.412. The summed E-state index contributed by atoms with van der Waals surface area (Å²) in [6.45, 7) is 9.23. The molecule has 1 aromatic carbocycles. The lowest BCUT2D eigenvalue weighted by molar-refractivity contribution is 0.464. The molecule has 1 unspecified atom stereocenters. The van der Waals surface area contributed by atoms with Crippen molar-refractivity contribution in [1.29, 1.82) is 0 Å². The van der Waals surface area contributed by atoms with Crippen LogP contribution in [0.1, 0.15) is 39.7 Å². The van der Waals surface area contributed by atoms with E-state index in [9.17, 15) is 0 Å². The first-order valence-corrected chi connectivity index (χ1v) is 6.45. The van der Waals surface area contributed by atoms with Gasteiger partial charge in [0.05, 0.1) is 0 Å². The van der Waals surface area contributed by atoms with Crippen LogP contribution in [-0.2, 0) is 0 Å². The van der Waals surface area contributed by atoms with Gasteiger partial charge in [0.15, 0.2) is 0 Å². The molecule has 0 saturated heterocycles. The van der Waals surface area contributed by atoms with Gasteiger partial charge in [0, 0.05) is 0 Å². The number of hydrogen-bond donors (Lipinski definition) is 0. The minimum Gasteiger partial charge on any atom is -0.0642 e. The minimum absolute atomic E-state index is 0.299. The summed E-state index contributed by atoms with van der Waals surface area (Å²) < 4.78 is 0. The summed E-state index contributed by atoms with van der Waals surface area (Å²) in [6, 6.07) is 10.7. The summed E-state index contributed by atoms with van der Waals surface area (Å²) in [7, 11) is 0. The van der Waals surface area contributed by atoms with Gasteiger partial charge in [-0.05, 0) is 28.9 Å². The van der Waals surface area contributed by atoms with Crippen LogP contribution in [0.5, 0.6) is 0 Å². The fourth-order valence-electron chi connectivity index (χ4n) is 2.43. The van der Waals surface area contributed by atoms with Gasteiger partial charge in [0.25, 0.3) is 0 Å². The molecule has 0 bridgehead atoms. The Morgan fingerprint density at radius 2 is 1.65 bits per heavy atom. The molecule has 1 aromatic rings. The van der Waals surface area contributed by atoms with Crippen molar-refractivity contribution in [3.63, 3.8) is 0 Å². The Kier molecular flexibility index (Phi) is 3.24. The third-order valence-electron chi connectivity index (χ3n) is 3.59. The van der Waals surface area contributed by atoms with E-state index in [0.29, 0.717) is 11.3 Å². The third kappa shape index (κ3) is 2.69. The second-order valence-corrected chi connectivity index (χ2v) is 6.04. The topological polar surface area (TPSA) is 0 Å². The molecule has 2 rings (SSSR count). The van der Waals surface area contributed by atoms with Gasteiger partial charge in [-0.2, -0.15) is 0 Å². The molecule has 0 aromatic heterocycles. The van der Waals surface area contributed by atoms with Crippen LogP contribution in [0.25, 0.3) is 5.57 Å². The van der Waals surface area contributed by atoms with Crippen molar-refractivity contribution in [3.05, 3.63) is 53.6 Å². The van der Waals surface area contributed by atoms with Crippen LogP contribution in [0.4, 0.5) is 0 Å². The molecule has 17 heavy (non-hydrogen) atoms. The fourth-order valence-corrected chi connectivity index (χ4v) is 2.43. The summed E-state index contributed by atoms with van der Waals surface area (Å²) >= 11 is 0. The Bertz CT molecular complexity index is 441. The SMILES string of the molecule is CC1CC(C(C)(C)C)=CC=C1c1ccccc1. The first kappa shape index (κ1) is 12.2. The van der Waals surface area contributed by atoms with Gasteiger partial charge in [-0.3, -0.25) is 0 Å². The van der Waals surface area contributed by atoms with Gasteiger partial charge in [-0.15, -0.1) is 0 Å². The van der Waals surface area contributed by atoms with Crippen molar-refractivity contribution in [2.24, 2.45) is 11.3 Å². The maximum atomic E-state index is 2.33. The van der Waals surface area contributed by atoms with Crippen molar-refractivity contribution in [3.8, 4) is 0 Å². The molecule has 0 amide bonds. The Morgan fingerprint density at radius 1 is 1.00 bits per heavy atom. The Balaban J connectivity index is 2.33. The maximum absolute atomic E-state index is 2.33. The van der Waals surface area contributed by atoms with Crippen LogP contribution >= 0.6 is 0 Å². The Hall–Kier alpha value is -1.30. The largest absolute Gasteiger partial charge is 0.0642 e. The molecule has 0 N–H and O–H groups in total. The van der Waals surface area contributed by atoms with Crippen molar-refractivity contribution < 1.29 is 0 Å². The predicted octanol–water partition coefficient (Wildman–Crippen LogP) is 5.08. The van der Waals surface area contributed by atoms with Crippen LogP contribution in [0, 0.1) is 11.3 Å². The first-order chi connectivity index (χ1) is 7.98. The number of hydrogen-bond acceptors (Lipinski definition) is 0. The third-order valence-corrected chi connectivity index (χ3v) is 3.59. The van der Waals surface area contributed by atoms with Gasteiger partial charge in [-0.25, -0.2) is 0 Å². The van der Waals surface area contributed by atoms with Crippen LogP contribution in [0.2, 0.25) is 0 Å². The highest BCUT2D eigenvalue weighted by Crippen LogP contribution is 2.38. The minimum atomic E-state index is 0.299. The van der Waals surface area contributed by atoms with Crippen LogP contribution in [0.15, 0.2) is 48.1 Å². The molecule has 0 heteroatoms. The van der Waals surface area contributed by atoms with E-state index in [2.05, 4.69) is 70.2 Å². The highest BCUT2D eigenvalue weighted by atomic mass is 14.3. The summed E-state index contributed by atoms with van der Waals surface area (Å²) in [5.41, 5.74) is 4.69. The Labute approximate surface area is 105 Å². The molecule has 0 aliphatic heterocycles. The lowest BCUT2D eigenvalue weighted by atomic mass is 9.75. The monoisotopic (exact) mass is 226 g/mol. The highest BCUT2D eigenvalue weighted by Gasteiger charge is 2.23. The van der Waals surface area contributed by atoms with Crippen molar-refractivity contribution in [1.82, 2.24) is 0 Å². The number of allylic oxidation sites excluding steroid dienone is 4. The summed E-state index contributed by atoms with van der Waals surface area (Å²) in [5.74, 6) is 0.622. The van der Waals surface area contributed by atoms with Crippen molar-refractivity contribution in [2.75, 3.05) is 0 Å². The summed E-state index contributed by atoms with van der Waals surface area (Å²) in [4.78, 5) is 0. The molecule has 0 spiro atoms. The molecular formula is C17H22. The molecule has 0 fully saturated rings. The number of rotatable bonds is 1. The van der Waals surface area contributed by atoms with Gasteiger partial charge < -0.3 is 0 Å². The summed E-state index contributed by atoms with van der Waals surface area (Å²) in [6.07, 6.45) is 5.82. The normalized spacial score (nSPS) is 20.8. The van der Waals surface area contributed by atoms with Crippen LogP contribution in [-0.4, -0.2) is 0 Å². The first-order valence-electron chi connectivity index (χ1n) is 6.45. The average Bonchev–Trinajstić information content (AvgIpc) is 2.29. The lowest BCUT2D eigenvalue weighted by Crippen LogP contribution is -2.15. The lowest BCUT2D eigenvalue weighted by Gasteiger charge is -2.30. The Morgan fingerprint density at radius 3 is 2.18 bits per heavy atom. The second kappa shape index (κ2) is 4.52. The predicted molar refractivity (Wildman–Crippen MR) is 75.7 cm³/mol. The van der Waals surface area contributed by atoms with E-state index in [-0.39, 0.29) is 0 Å². The van der Waals surface area contributed by atoms with Crippen molar-refractivity contribution >= 4 is 5.57 Å². The van der Waals surface area contributed by atoms with E-state index >= 15 is 0 Å². The zero-order valence-electron chi connectivity index (χ0n) is 11.3. The molecule has 0 saturated carbocycles. The number of benzene rings is 1. The van der Waals surface area contributed by atoms with Gasteiger partial charge in [0.2, 0.25) is 0 Å². The van der Waals surface area contributed by atoms with Crippen LogP contribution < -0.4 is 0 Å². The van der Waals surface area contributed by atoms with Gasteiger partial charge >= 0.3 is 0 Å². The van der Waals surface area contributed by atoms with Crippen LogP contribution in [0.3, 0.4) is 0 Å². The molecule has 0 heterocycles. The zero-order chi connectivity index (χ0) is 12.5. The zero-order valence-corrected chi connectivity index (χ0v) is 11.3. The van der Waals surface area contributed by atoms with E-state index in [1.165, 1.54) is 17.6 Å². The van der Waals surface area contributed by atoms with E-state index in [1.807, 2.05) is 0 Å². The molecule has 90 valence electrons. The smallest absolute Gasteiger partial charge is 0.0147 e. The molecule has 1 atom stereocenters. The average molecular weight is 226 g/mol. The van der Waals surface area contributed by atoms with E-state index in [1.54, 1.807) is 5.57 Å². The standard InChI is InChI=1S/C17H22/c1-13-12-15(17(2,3)4)10-11-16(13)14-8-6-5-7-9-14/h5-11,13H,12H2,1-4H3.